The van der Waals surface area contributed by atoms with Crippen LogP contribution in [0.25, 0.3) is 0 Å². The van der Waals surface area contributed by atoms with Crippen LogP contribution in [0.3, 0.4) is 0 Å². The predicted molar refractivity (Wildman–Crippen MR) is 89.4 cm³/mol. The Balaban J connectivity index is 1.49. The summed E-state index contributed by atoms with van der Waals surface area (Å²) in [6.07, 6.45) is 7.60. The van der Waals surface area contributed by atoms with Crippen LogP contribution in [0.15, 0.2) is 12.3 Å². The topological polar surface area (TPSA) is 59.4 Å². The fourth-order valence-corrected chi connectivity index (χ4v) is 3.79. The Kier molecular flexibility index (Phi) is 5.33. The van der Waals surface area contributed by atoms with Gasteiger partial charge in [-0.05, 0) is 26.7 Å². The minimum atomic E-state index is 0.0662. The van der Waals surface area contributed by atoms with Crippen LogP contribution in [0.5, 0.6) is 0 Å². The molecule has 2 fully saturated rings. The van der Waals surface area contributed by atoms with Gasteiger partial charge in [0, 0.05) is 32.1 Å². The fourth-order valence-electron chi connectivity index (χ4n) is 3.79. The second kappa shape index (κ2) is 7.45. The Hall–Kier alpha value is -1.40. The van der Waals surface area contributed by atoms with Gasteiger partial charge in [0.25, 0.3) is 0 Å². The van der Waals surface area contributed by atoms with Crippen molar-refractivity contribution < 1.29 is 9.53 Å². The lowest BCUT2D eigenvalue weighted by Gasteiger charge is -2.35. The first-order valence-corrected chi connectivity index (χ1v) is 8.83. The van der Waals surface area contributed by atoms with Crippen LogP contribution in [0, 0.1) is 0 Å². The van der Waals surface area contributed by atoms with Crippen molar-refractivity contribution in [1.82, 2.24) is 14.7 Å². The summed E-state index contributed by atoms with van der Waals surface area (Å²) in [5, 5.41) is 7.43. The van der Waals surface area contributed by atoms with Crippen molar-refractivity contribution in [2.75, 3.05) is 25.0 Å². The smallest absolute Gasteiger partial charge is 0.226 e. The highest BCUT2D eigenvalue weighted by molar-refractivity contribution is 5.89. The maximum absolute atomic E-state index is 12.3. The number of nitrogens with zero attached hydrogens (tertiary/aromatic N) is 3. The molecule has 0 spiro atoms. The Bertz CT molecular complexity index is 514. The van der Waals surface area contributed by atoms with E-state index in [-0.39, 0.29) is 18.1 Å². The van der Waals surface area contributed by atoms with Gasteiger partial charge < -0.3 is 10.1 Å². The first-order valence-electron chi connectivity index (χ1n) is 8.83. The summed E-state index contributed by atoms with van der Waals surface area (Å²) < 4.78 is 7.72. The van der Waals surface area contributed by atoms with E-state index in [9.17, 15) is 4.79 Å². The molecular weight excluding hydrogens is 292 g/mol. The Labute approximate surface area is 138 Å². The van der Waals surface area contributed by atoms with Crippen LogP contribution in [-0.2, 0) is 9.53 Å². The van der Waals surface area contributed by atoms with Gasteiger partial charge in [-0.1, -0.05) is 12.8 Å². The SMILES string of the molecule is C[C@@H]1CN(CCC(=O)Nc2ccnn2C2CCCC2)C[C@H](C)O1. The average Bonchev–Trinajstić information content (AvgIpc) is 3.14. The molecule has 3 rings (SSSR count). The van der Waals surface area contributed by atoms with E-state index >= 15 is 0 Å². The van der Waals surface area contributed by atoms with Crippen molar-refractivity contribution in [2.24, 2.45) is 0 Å². The molecule has 0 radical (unpaired) electrons. The molecule has 0 bridgehead atoms. The molecule has 0 unspecified atom stereocenters. The molecule has 1 aliphatic carbocycles. The molecule has 1 N–H and O–H groups in total. The van der Waals surface area contributed by atoms with Crippen LogP contribution in [0.1, 0.15) is 52.0 Å². The van der Waals surface area contributed by atoms with Gasteiger partial charge in [0.1, 0.15) is 5.82 Å². The van der Waals surface area contributed by atoms with Gasteiger partial charge >= 0.3 is 0 Å². The van der Waals surface area contributed by atoms with Gasteiger partial charge in [-0.25, -0.2) is 4.68 Å². The second-order valence-corrected chi connectivity index (χ2v) is 6.91. The zero-order chi connectivity index (χ0) is 16.2. The molecule has 6 nitrogen and oxygen atoms in total. The van der Waals surface area contributed by atoms with Gasteiger partial charge in [-0.3, -0.25) is 9.69 Å². The van der Waals surface area contributed by atoms with Gasteiger partial charge in [0.15, 0.2) is 0 Å². The lowest BCUT2D eigenvalue weighted by Crippen LogP contribution is -2.46. The van der Waals surface area contributed by atoms with Crippen LogP contribution >= 0.6 is 0 Å². The summed E-state index contributed by atoms with van der Waals surface area (Å²) in [7, 11) is 0. The molecule has 0 aromatic carbocycles. The van der Waals surface area contributed by atoms with Crippen molar-refractivity contribution in [3.63, 3.8) is 0 Å². The number of rotatable bonds is 5. The van der Waals surface area contributed by atoms with Crippen LogP contribution in [0.4, 0.5) is 5.82 Å². The number of aromatic nitrogens is 2. The Morgan fingerprint density at radius 1 is 1.30 bits per heavy atom. The number of hydrogen-bond acceptors (Lipinski definition) is 4. The summed E-state index contributed by atoms with van der Waals surface area (Å²) in [5.74, 6) is 0.905. The van der Waals surface area contributed by atoms with Crippen molar-refractivity contribution >= 4 is 11.7 Å². The molecule has 1 aromatic heterocycles. The summed E-state index contributed by atoms with van der Waals surface area (Å²) in [4.78, 5) is 14.6. The molecule has 2 aliphatic rings. The predicted octanol–water partition coefficient (Wildman–Crippen LogP) is 2.44. The maximum atomic E-state index is 12.3. The largest absolute Gasteiger partial charge is 0.373 e. The lowest BCUT2D eigenvalue weighted by atomic mass is 10.2. The molecule has 6 heteroatoms. The van der Waals surface area contributed by atoms with Gasteiger partial charge in [0.2, 0.25) is 5.91 Å². The van der Waals surface area contributed by atoms with Gasteiger partial charge in [-0.2, -0.15) is 5.10 Å². The van der Waals surface area contributed by atoms with Crippen molar-refractivity contribution in [2.45, 2.75) is 64.2 Å². The fraction of sp³-hybridized carbons (Fsp3) is 0.765. The average molecular weight is 320 g/mol. The van der Waals surface area contributed by atoms with Crippen LogP contribution in [0.2, 0.25) is 0 Å². The van der Waals surface area contributed by atoms with E-state index in [1.54, 1.807) is 6.20 Å². The van der Waals surface area contributed by atoms with E-state index in [0.29, 0.717) is 12.5 Å². The molecular formula is C17H28N4O2. The molecule has 1 aromatic rings. The van der Waals surface area contributed by atoms with E-state index < -0.39 is 0 Å². The number of anilines is 1. The Morgan fingerprint density at radius 3 is 2.70 bits per heavy atom. The number of nitrogens with one attached hydrogen (secondary N) is 1. The normalized spacial score (nSPS) is 26.5. The van der Waals surface area contributed by atoms with E-state index in [0.717, 1.165) is 38.3 Å². The molecule has 1 saturated carbocycles. The minimum absolute atomic E-state index is 0.0662. The zero-order valence-corrected chi connectivity index (χ0v) is 14.2. The number of hydrogen-bond donors (Lipinski definition) is 1. The number of morpholine rings is 1. The standard InChI is InChI=1S/C17H28N4O2/c1-13-11-20(12-14(2)23-13)10-8-17(22)19-16-7-9-18-21(16)15-5-3-4-6-15/h7,9,13-15H,3-6,8,10-12H2,1-2H3,(H,19,22)/t13-,14+. The van der Waals surface area contributed by atoms with Crippen LogP contribution < -0.4 is 5.32 Å². The first kappa shape index (κ1) is 16.5. The second-order valence-electron chi connectivity index (χ2n) is 6.91. The first-order chi connectivity index (χ1) is 11.1. The minimum Gasteiger partial charge on any atom is -0.373 e. The number of carbonyl (C=O) groups excluding carboxylic acids is 1. The number of amides is 1. The molecule has 2 atom stereocenters. The maximum Gasteiger partial charge on any atom is 0.226 e. The highest BCUT2D eigenvalue weighted by Gasteiger charge is 2.23. The Morgan fingerprint density at radius 2 is 2.00 bits per heavy atom. The molecule has 2 heterocycles. The third kappa shape index (κ3) is 4.32. The van der Waals surface area contributed by atoms with Crippen molar-refractivity contribution in [3.8, 4) is 0 Å². The van der Waals surface area contributed by atoms with E-state index in [4.69, 9.17) is 4.74 Å². The number of ether oxygens (including phenoxy) is 1. The molecule has 128 valence electrons. The molecule has 1 aliphatic heterocycles. The van der Waals surface area contributed by atoms with E-state index in [1.165, 1.54) is 12.8 Å². The highest BCUT2D eigenvalue weighted by Crippen LogP contribution is 2.31. The molecule has 1 saturated heterocycles. The summed E-state index contributed by atoms with van der Waals surface area (Å²) >= 11 is 0. The summed E-state index contributed by atoms with van der Waals surface area (Å²) in [6, 6.07) is 2.34. The summed E-state index contributed by atoms with van der Waals surface area (Å²) in [5.41, 5.74) is 0. The zero-order valence-electron chi connectivity index (χ0n) is 14.2. The monoisotopic (exact) mass is 320 g/mol. The van der Waals surface area contributed by atoms with E-state index in [2.05, 4.69) is 29.2 Å². The third-order valence-corrected chi connectivity index (χ3v) is 4.76. The lowest BCUT2D eigenvalue weighted by molar-refractivity contribution is -0.117. The highest BCUT2D eigenvalue weighted by atomic mass is 16.5. The van der Waals surface area contributed by atoms with Crippen molar-refractivity contribution in [3.05, 3.63) is 12.3 Å². The van der Waals surface area contributed by atoms with Crippen LogP contribution in [-0.4, -0.2) is 52.4 Å². The number of carbonyl (C=O) groups is 1. The quantitative estimate of drug-likeness (QED) is 0.905. The van der Waals surface area contributed by atoms with Crippen molar-refractivity contribution in [1.29, 1.82) is 0 Å². The van der Waals surface area contributed by atoms with Gasteiger partial charge in [0.05, 0.1) is 24.4 Å². The van der Waals surface area contributed by atoms with E-state index in [1.807, 2.05) is 10.7 Å². The van der Waals surface area contributed by atoms with Gasteiger partial charge in [-0.15, -0.1) is 0 Å². The molecule has 23 heavy (non-hydrogen) atoms. The third-order valence-electron chi connectivity index (χ3n) is 4.76. The summed E-state index contributed by atoms with van der Waals surface area (Å²) in [6.45, 7) is 6.75. The molecule has 1 amide bonds.